The van der Waals surface area contributed by atoms with Crippen LogP contribution in [-0.4, -0.2) is 40.7 Å². The van der Waals surface area contributed by atoms with Crippen molar-refractivity contribution in [1.82, 2.24) is 9.80 Å². The minimum Gasteiger partial charge on any atom is -0.330 e. The minimum absolute atomic E-state index is 0.0113. The summed E-state index contributed by atoms with van der Waals surface area (Å²) in [5.41, 5.74) is 3.35. The Morgan fingerprint density at radius 3 is 2.53 bits per heavy atom. The topological polar surface area (TPSA) is 40.6 Å². The average molecular weight is 451 g/mol. The molecule has 1 atom stereocenters. The number of aryl methyl sites for hydroxylation is 1. The molecule has 4 nitrogen and oxygen atoms in total. The third kappa shape index (κ3) is 4.32. The van der Waals surface area contributed by atoms with Gasteiger partial charge >= 0.3 is 0 Å². The molecule has 166 valence electrons. The Bertz CT molecular complexity index is 1120. The van der Waals surface area contributed by atoms with E-state index in [1.54, 1.807) is 23.5 Å². The van der Waals surface area contributed by atoms with E-state index >= 15 is 0 Å². The zero-order valence-electron chi connectivity index (χ0n) is 18.5. The molecule has 0 radical (unpaired) electrons. The number of hydrogen-bond donors (Lipinski definition) is 0. The van der Waals surface area contributed by atoms with E-state index in [0.29, 0.717) is 6.54 Å². The van der Waals surface area contributed by atoms with Gasteiger partial charge in [0.1, 0.15) is 12.4 Å². The summed E-state index contributed by atoms with van der Waals surface area (Å²) in [5, 5.41) is 2.07. The Hall–Kier alpha value is -2.99. The molecule has 3 aromatic rings. The van der Waals surface area contributed by atoms with Gasteiger partial charge in [0.15, 0.2) is 0 Å². The number of amides is 2. The molecule has 32 heavy (non-hydrogen) atoms. The first-order valence-electron chi connectivity index (χ1n) is 10.8. The lowest BCUT2D eigenvalue weighted by Gasteiger charge is -2.38. The smallest absolute Gasteiger partial charge is 0.257 e. The van der Waals surface area contributed by atoms with Crippen LogP contribution in [0.3, 0.4) is 0 Å². The fourth-order valence-corrected chi connectivity index (χ4v) is 5.11. The fourth-order valence-electron chi connectivity index (χ4n) is 4.21. The van der Waals surface area contributed by atoms with Crippen LogP contribution in [0.15, 0.2) is 60.0 Å². The maximum absolute atomic E-state index is 14.3. The molecule has 0 saturated heterocycles. The van der Waals surface area contributed by atoms with Gasteiger partial charge in [0, 0.05) is 17.5 Å². The summed E-state index contributed by atoms with van der Waals surface area (Å²) >= 11 is 1.72. The third-order valence-electron chi connectivity index (χ3n) is 5.97. The molecule has 0 fully saturated rings. The lowest BCUT2D eigenvalue weighted by atomic mass is 9.92. The van der Waals surface area contributed by atoms with E-state index in [-0.39, 0.29) is 30.1 Å². The Morgan fingerprint density at radius 1 is 1.12 bits per heavy atom. The highest BCUT2D eigenvalue weighted by Crippen LogP contribution is 2.38. The summed E-state index contributed by atoms with van der Waals surface area (Å²) in [6.45, 7) is 6.23. The number of rotatable bonds is 5. The van der Waals surface area contributed by atoms with Crippen molar-refractivity contribution in [2.45, 2.75) is 39.3 Å². The Kier molecular flexibility index (Phi) is 6.42. The molecule has 2 aromatic carbocycles. The standard InChI is InChI=1S/C26H27FN2O2S/c1-17(2)29(26(31)20-6-4-5-7-22(20)27)16-24(30)28-14-12-23-21(13-15-32-23)25(28)19-10-8-18(3)9-11-19/h4-11,13,15,17,25H,12,14,16H2,1-3H3. The van der Waals surface area contributed by atoms with Crippen LogP contribution in [0, 0.1) is 12.7 Å². The zero-order valence-corrected chi connectivity index (χ0v) is 19.4. The van der Waals surface area contributed by atoms with Gasteiger partial charge in [-0.15, -0.1) is 11.3 Å². The van der Waals surface area contributed by atoms with Crippen LogP contribution >= 0.6 is 11.3 Å². The molecule has 2 heterocycles. The number of hydrogen-bond acceptors (Lipinski definition) is 3. The van der Waals surface area contributed by atoms with E-state index in [1.165, 1.54) is 21.9 Å². The monoisotopic (exact) mass is 450 g/mol. The molecule has 2 amide bonds. The molecular weight excluding hydrogens is 423 g/mol. The molecular formula is C26H27FN2O2S. The lowest BCUT2D eigenvalue weighted by molar-refractivity contribution is -0.134. The van der Waals surface area contributed by atoms with Crippen LogP contribution in [0.1, 0.15) is 51.8 Å². The van der Waals surface area contributed by atoms with Crippen molar-refractivity contribution in [3.63, 3.8) is 0 Å². The average Bonchev–Trinajstić information content (AvgIpc) is 3.26. The minimum atomic E-state index is -0.575. The molecule has 1 unspecified atom stereocenters. The van der Waals surface area contributed by atoms with Gasteiger partial charge in [0.2, 0.25) is 5.91 Å². The molecule has 1 aromatic heterocycles. The van der Waals surface area contributed by atoms with E-state index < -0.39 is 11.7 Å². The maximum atomic E-state index is 14.3. The highest BCUT2D eigenvalue weighted by Gasteiger charge is 2.34. The van der Waals surface area contributed by atoms with E-state index in [4.69, 9.17) is 0 Å². The second-order valence-electron chi connectivity index (χ2n) is 8.46. The predicted octanol–water partition coefficient (Wildman–Crippen LogP) is 5.22. The summed E-state index contributed by atoms with van der Waals surface area (Å²) in [7, 11) is 0. The van der Waals surface area contributed by atoms with Crippen LogP contribution in [0.2, 0.25) is 0 Å². The number of thiophene rings is 1. The fraction of sp³-hybridized carbons (Fsp3) is 0.308. The first-order valence-corrected chi connectivity index (χ1v) is 11.7. The van der Waals surface area contributed by atoms with Crippen LogP contribution in [-0.2, 0) is 11.2 Å². The van der Waals surface area contributed by atoms with Crippen LogP contribution in [0.25, 0.3) is 0 Å². The molecule has 4 rings (SSSR count). The number of carbonyl (C=O) groups excluding carboxylic acids is 2. The first kappa shape index (κ1) is 22.2. The molecule has 6 heteroatoms. The van der Waals surface area contributed by atoms with Crippen LogP contribution in [0.5, 0.6) is 0 Å². The lowest BCUT2D eigenvalue weighted by Crippen LogP contribution is -2.48. The van der Waals surface area contributed by atoms with Gasteiger partial charge in [0.05, 0.1) is 11.6 Å². The maximum Gasteiger partial charge on any atom is 0.257 e. The number of nitrogens with zero attached hydrogens (tertiary/aromatic N) is 2. The molecule has 0 N–H and O–H groups in total. The number of carbonyl (C=O) groups is 2. The van der Waals surface area contributed by atoms with Crippen molar-refractivity contribution in [3.05, 3.63) is 92.9 Å². The second kappa shape index (κ2) is 9.25. The molecule has 1 aliphatic rings. The quantitative estimate of drug-likeness (QED) is 0.535. The molecule has 0 saturated carbocycles. The molecule has 1 aliphatic heterocycles. The van der Waals surface area contributed by atoms with Gasteiger partial charge in [-0.2, -0.15) is 0 Å². The predicted molar refractivity (Wildman–Crippen MR) is 125 cm³/mol. The van der Waals surface area contributed by atoms with Gasteiger partial charge in [-0.05, 0) is 61.9 Å². The van der Waals surface area contributed by atoms with Crippen molar-refractivity contribution >= 4 is 23.2 Å². The number of halogens is 1. The molecule has 0 aliphatic carbocycles. The molecule has 0 spiro atoms. The SMILES string of the molecule is Cc1ccc(C2c3ccsc3CCN2C(=O)CN(C(=O)c2ccccc2F)C(C)C)cc1. The number of fused-ring (bicyclic) bond motifs is 1. The summed E-state index contributed by atoms with van der Waals surface area (Å²) < 4.78 is 14.3. The zero-order chi connectivity index (χ0) is 22.8. The normalized spacial score (nSPS) is 15.5. The summed E-state index contributed by atoms with van der Waals surface area (Å²) in [6.07, 6.45) is 0.796. The van der Waals surface area contributed by atoms with Crippen LogP contribution < -0.4 is 0 Å². The molecule has 0 bridgehead atoms. The van der Waals surface area contributed by atoms with E-state index in [1.807, 2.05) is 25.7 Å². The van der Waals surface area contributed by atoms with Crippen molar-refractivity contribution in [1.29, 1.82) is 0 Å². The van der Waals surface area contributed by atoms with Crippen molar-refractivity contribution in [2.75, 3.05) is 13.1 Å². The second-order valence-corrected chi connectivity index (χ2v) is 9.46. The highest BCUT2D eigenvalue weighted by molar-refractivity contribution is 7.10. The summed E-state index contributed by atoms with van der Waals surface area (Å²) in [4.78, 5) is 31.3. The van der Waals surface area contributed by atoms with E-state index in [9.17, 15) is 14.0 Å². The van der Waals surface area contributed by atoms with Crippen LogP contribution in [0.4, 0.5) is 4.39 Å². The van der Waals surface area contributed by atoms with Crippen molar-refractivity contribution in [3.8, 4) is 0 Å². The van der Waals surface area contributed by atoms with Gasteiger partial charge in [-0.3, -0.25) is 9.59 Å². The highest BCUT2D eigenvalue weighted by atomic mass is 32.1. The number of benzene rings is 2. The van der Waals surface area contributed by atoms with Gasteiger partial charge < -0.3 is 9.80 Å². The third-order valence-corrected chi connectivity index (χ3v) is 6.97. The van der Waals surface area contributed by atoms with Gasteiger partial charge in [0.25, 0.3) is 5.91 Å². The first-order chi connectivity index (χ1) is 15.4. The van der Waals surface area contributed by atoms with E-state index in [2.05, 4.69) is 35.7 Å². The summed E-state index contributed by atoms with van der Waals surface area (Å²) in [6, 6.07) is 15.8. The largest absolute Gasteiger partial charge is 0.330 e. The Balaban J connectivity index is 1.63. The van der Waals surface area contributed by atoms with Crippen molar-refractivity contribution < 1.29 is 14.0 Å². The Labute approximate surface area is 192 Å². The Morgan fingerprint density at radius 2 is 1.84 bits per heavy atom. The van der Waals surface area contributed by atoms with Crippen molar-refractivity contribution in [2.24, 2.45) is 0 Å². The van der Waals surface area contributed by atoms with E-state index in [0.717, 1.165) is 23.1 Å². The van der Waals surface area contributed by atoms with Gasteiger partial charge in [-0.25, -0.2) is 4.39 Å². The summed E-state index contributed by atoms with van der Waals surface area (Å²) in [5.74, 6) is -1.17. The van der Waals surface area contributed by atoms with Gasteiger partial charge in [-0.1, -0.05) is 42.0 Å².